The Morgan fingerprint density at radius 3 is 1.27 bits per heavy atom. The molecule has 0 bridgehead atoms. The number of fused-ring (bicyclic) bond motifs is 7. The molecule has 115 heavy (non-hydrogen) atoms. The molecule has 26 heteroatoms. The lowest BCUT2D eigenvalue weighted by molar-refractivity contribution is -0.384. The van der Waals surface area contributed by atoms with E-state index in [2.05, 4.69) is 67.7 Å². The molecule has 2 spiro atoms. The molecule has 17 aliphatic rings. The molecule has 14 aliphatic carbocycles. The molecule has 14 saturated carbocycles. The minimum Gasteiger partial charge on any atom is -0.459 e. The first-order chi connectivity index (χ1) is 53.9. The van der Waals surface area contributed by atoms with E-state index in [1.54, 1.807) is 0 Å². The fraction of sp³-hybridized carbons (Fsp3) is 0.876. The van der Waals surface area contributed by atoms with Crippen LogP contribution in [0, 0.1) is 126 Å². The number of carbonyl (C=O) groups excluding carboxylic acids is 4. The number of amides is 1. The second-order valence-electron chi connectivity index (χ2n) is 43.2. The molecule has 1 amide bonds. The summed E-state index contributed by atoms with van der Waals surface area (Å²) in [6.07, 6.45) is 28.2. The van der Waals surface area contributed by atoms with Crippen molar-refractivity contribution < 1.29 is 78.1 Å². The van der Waals surface area contributed by atoms with Crippen LogP contribution in [0.25, 0.3) is 20.9 Å². The molecule has 17 fully saturated rings. The number of nitrogens with zero attached hydrogens (tertiary/aromatic N) is 9. The van der Waals surface area contributed by atoms with Gasteiger partial charge in [0.2, 0.25) is 5.91 Å². The van der Waals surface area contributed by atoms with E-state index in [1.165, 1.54) is 49.9 Å². The Hall–Kier alpha value is -5.39. The van der Waals surface area contributed by atoms with E-state index in [0.29, 0.717) is 112 Å². The number of nitro benzene ring substituents is 1. The van der Waals surface area contributed by atoms with Gasteiger partial charge in [0.1, 0.15) is 23.7 Å². The van der Waals surface area contributed by atoms with E-state index < -0.39 is 27.7 Å². The molecular formula is C89H137N9O17. The van der Waals surface area contributed by atoms with Gasteiger partial charge in [-0.2, -0.15) is 5.26 Å². The predicted molar refractivity (Wildman–Crippen MR) is 429 cm³/mol. The van der Waals surface area contributed by atoms with Crippen molar-refractivity contribution in [3.05, 3.63) is 60.8 Å². The number of aliphatic hydroxyl groups is 5. The SMILES string of the molecule is CC1(C)COC2(C[C@H]3CC(=O)C[C@H]3C2)OC1.CC1(C)COC2(C[C@H]3CC(C)(O)C[C@H]3C2)OC1.CC1(N=[N+]=[N-])C[C@H]2CC(O)C[C@H]2C1.CC1(N=[N+]=[N-])C[C@H]2CC(OC(=O)c3ccc([N+](=O)[O-])cc3)C[C@H]2C1.CC1(O)C[C@H]2CC(=O)C[C@H]2C1.CC1(O)C[C@H]2CC(O)C[C@H]2C1.COC1C[C@@H]2CC(C)(CCC(=O)N3C[C@@H](C)C[C@H]3C#N)C[C@@H]2C1. The molecule has 0 aromatic heterocycles. The third kappa shape index (κ3) is 22.4. The van der Waals surface area contributed by atoms with Gasteiger partial charge in [-0.25, -0.2) is 4.79 Å². The van der Waals surface area contributed by atoms with Crippen LogP contribution in [0.5, 0.6) is 0 Å². The quantitative estimate of drug-likeness (QED) is 0.0383. The van der Waals surface area contributed by atoms with Gasteiger partial charge in [-0.15, -0.1) is 0 Å². The van der Waals surface area contributed by atoms with E-state index in [1.807, 2.05) is 46.6 Å². The number of Topliss-reactive ketones (excluding diaryl/α,β-unsaturated/α-hetero) is 2. The van der Waals surface area contributed by atoms with Gasteiger partial charge in [-0.3, -0.25) is 24.5 Å². The Morgan fingerprint density at radius 2 is 0.887 bits per heavy atom. The maximum Gasteiger partial charge on any atom is 0.338 e. The number of ether oxygens (including phenoxy) is 6. The van der Waals surface area contributed by atoms with E-state index in [4.69, 9.17) is 39.5 Å². The van der Waals surface area contributed by atoms with Gasteiger partial charge in [-0.05, 0) is 279 Å². The molecule has 640 valence electrons. The van der Waals surface area contributed by atoms with Crippen molar-refractivity contribution in [3.8, 4) is 6.07 Å². The Kier molecular flexibility index (Phi) is 27.0. The molecule has 10 unspecified atom stereocenters. The standard InChI is InChI=1S/C19H30N2O2.C16H18N4O4.C14H24O3.C13H20O3.C9H15N3O.C9H16O2.C9H14O2/c1-13-6-16(11-20)21(12-13)18(22)4-5-19(2)9-14-7-17(23-3)8-15(14)10-19;1-16(18-19-17)8-11-6-14(7-12(11)9-16)24-15(21)10-2-4-13(5-3-10)20(22)23;1-12(2)8-16-14(17-9-12)6-10-4-13(3,15)5-11(10)7-14;1-12(2)7-15-13(16-8-12)5-9-3-11(14)4-10(9)6-13;1-9(11-12-10)4-6-2-8(13)3-7(6)5-9;2*1-9(11)4-6-2-8(10)3-7(6)5-9/h13-17H,4-10,12H2,1-3H3;2-5,11-12,14H,6-9H2,1H3;10-11,15H,4-9H2,1-3H3;9-10H,3-8H2,1-2H3;6-8,13H,2-5H2,1H3;6-8,10-11H,2-5H2,1H3;6-7,11H,2-5H2,1H3/t13-,14-,15+,16-,17?,19?;11-,12+,14?,16?;10-,11+,13?;9-,10+;2*6-,7+,8?,9?;6-,7+,9?/m0....../s1. The van der Waals surface area contributed by atoms with E-state index in [9.17, 15) is 60.1 Å². The van der Waals surface area contributed by atoms with Crippen molar-refractivity contribution in [2.75, 3.05) is 40.1 Å². The first-order valence-corrected chi connectivity index (χ1v) is 43.8. The van der Waals surface area contributed by atoms with E-state index in [-0.39, 0.29) is 69.4 Å². The van der Waals surface area contributed by atoms with Crippen molar-refractivity contribution in [1.29, 1.82) is 5.26 Å². The molecule has 0 radical (unpaired) electrons. The number of carbonyl (C=O) groups is 4. The number of rotatable bonds is 9. The van der Waals surface area contributed by atoms with Gasteiger partial charge in [-0.1, -0.05) is 65.6 Å². The number of azide groups is 2. The summed E-state index contributed by atoms with van der Waals surface area (Å²) in [7, 11) is 1.83. The smallest absolute Gasteiger partial charge is 0.338 e. The summed E-state index contributed by atoms with van der Waals surface area (Å²) < 4.78 is 35.1. The summed E-state index contributed by atoms with van der Waals surface area (Å²) in [6, 6.07) is 7.52. The van der Waals surface area contributed by atoms with Crippen LogP contribution in [0.3, 0.4) is 0 Å². The molecule has 18 rings (SSSR count). The van der Waals surface area contributed by atoms with Gasteiger partial charge >= 0.3 is 5.97 Å². The van der Waals surface area contributed by atoms with Crippen molar-refractivity contribution >= 4 is 29.1 Å². The summed E-state index contributed by atoms with van der Waals surface area (Å²) in [4.78, 5) is 64.8. The maximum atomic E-state index is 12.6. The number of benzene rings is 1. The van der Waals surface area contributed by atoms with Crippen molar-refractivity contribution in [1.82, 2.24) is 4.90 Å². The van der Waals surface area contributed by atoms with Crippen molar-refractivity contribution in [2.24, 2.45) is 115 Å². The molecule has 1 aromatic carbocycles. The number of hydrogen-bond donors (Lipinski definition) is 5. The van der Waals surface area contributed by atoms with Crippen LogP contribution in [0.2, 0.25) is 0 Å². The number of methoxy groups -OCH3 is 1. The number of aliphatic hydroxyl groups excluding tert-OH is 2. The Bertz CT molecular complexity index is 3640. The first-order valence-electron chi connectivity index (χ1n) is 43.8. The number of non-ortho nitro benzene ring substituents is 1. The molecule has 3 saturated heterocycles. The number of nitro groups is 1. The summed E-state index contributed by atoms with van der Waals surface area (Å²) in [6.45, 7) is 26.8. The molecule has 3 heterocycles. The minimum absolute atomic E-state index is 0.0562. The molecule has 3 aliphatic heterocycles. The van der Waals surface area contributed by atoms with E-state index in [0.717, 1.165) is 212 Å². The van der Waals surface area contributed by atoms with Gasteiger partial charge in [0.05, 0.1) is 78.1 Å². The van der Waals surface area contributed by atoms with Crippen LogP contribution in [-0.2, 0) is 42.8 Å². The molecular weight excluding hydrogens is 1470 g/mol. The second-order valence-corrected chi connectivity index (χ2v) is 43.2. The highest BCUT2D eigenvalue weighted by atomic mass is 16.7. The lowest BCUT2D eigenvalue weighted by Gasteiger charge is -2.42. The Balaban J connectivity index is 0.000000126. The second kappa shape index (κ2) is 35.0. The molecule has 26 atom stereocenters. The van der Waals surface area contributed by atoms with Crippen LogP contribution >= 0.6 is 0 Å². The third-order valence-electron chi connectivity index (χ3n) is 30.3. The average molecular weight is 1610 g/mol. The third-order valence-corrected chi connectivity index (χ3v) is 30.3. The normalized spacial score (nSPS) is 43.3. The van der Waals surface area contributed by atoms with E-state index >= 15 is 0 Å². The zero-order chi connectivity index (χ0) is 83.2. The van der Waals surface area contributed by atoms with Crippen LogP contribution in [-0.4, -0.2) is 169 Å². The number of nitriles is 1. The Labute approximate surface area is 681 Å². The highest BCUT2D eigenvalue weighted by Crippen LogP contribution is 2.59. The zero-order valence-corrected chi connectivity index (χ0v) is 71.0. The highest BCUT2D eigenvalue weighted by Gasteiger charge is 2.58. The highest BCUT2D eigenvalue weighted by molar-refractivity contribution is 5.89. The van der Waals surface area contributed by atoms with Crippen molar-refractivity contribution in [2.45, 2.75) is 345 Å². The average Bonchev–Trinajstić information content (AvgIpc) is 1.62. The number of ketones is 2. The number of hydrogen-bond acceptors (Lipinski definition) is 20. The van der Waals surface area contributed by atoms with Crippen LogP contribution in [0.1, 0.15) is 286 Å². The summed E-state index contributed by atoms with van der Waals surface area (Å²) in [5.74, 6) is 8.36. The lowest BCUT2D eigenvalue weighted by atomic mass is 9.81. The summed E-state index contributed by atoms with van der Waals surface area (Å²) in [5.41, 5.74) is 16.1. The lowest BCUT2D eigenvalue weighted by Crippen LogP contribution is -2.46. The van der Waals surface area contributed by atoms with Gasteiger partial charge in [0, 0.05) is 115 Å². The Morgan fingerprint density at radius 1 is 0.539 bits per heavy atom. The van der Waals surface area contributed by atoms with Crippen LogP contribution in [0.15, 0.2) is 34.5 Å². The summed E-state index contributed by atoms with van der Waals surface area (Å²) >= 11 is 0. The summed E-state index contributed by atoms with van der Waals surface area (Å²) in [5, 5.41) is 75.9. The molecule has 1 aromatic rings. The number of esters is 1. The van der Waals surface area contributed by atoms with Crippen LogP contribution in [0.4, 0.5) is 5.69 Å². The minimum atomic E-state index is -0.506. The predicted octanol–water partition coefficient (Wildman–Crippen LogP) is 16.1. The topological polar surface area (TPSA) is 393 Å². The maximum absolute atomic E-state index is 12.6. The van der Waals surface area contributed by atoms with Gasteiger partial charge in [0.15, 0.2) is 11.6 Å². The fourth-order valence-corrected chi connectivity index (χ4v) is 25.4. The van der Waals surface area contributed by atoms with Crippen LogP contribution < -0.4 is 0 Å². The molecule has 26 nitrogen and oxygen atoms in total. The van der Waals surface area contributed by atoms with Crippen molar-refractivity contribution in [3.63, 3.8) is 0 Å². The zero-order valence-electron chi connectivity index (χ0n) is 71.0. The first kappa shape index (κ1) is 88.9. The van der Waals surface area contributed by atoms with Gasteiger partial charge < -0.3 is 58.9 Å². The largest absolute Gasteiger partial charge is 0.459 e. The monoisotopic (exact) mass is 1600 g/mol. The molecule has 5 N–H and O–H groups in total. The van der Waals surface area contributed by atoms with Gasteiger partial charge in [0.25, 0.3) is 5.69 Å². The number of likely N-dealkylation sites (tertiary alicyclic amines) is 1. The fourth-order valence-electron chi connectivity index (χ4n) is 25.4.